The Morgan fingerprint density at radius 1 is 1.62 bits per heavy atom. The van der Waals surface area contributed by atoms with Gasteiger partial charge in [0, 0.05) is 7.11 Å². The van der Waals surface area contributed by atoms with Crippen LogP contribution < -0.4 is 11.1 Å². The van der Waals surface area contributed by atoms with Crippen molar-refractivity contribution in [2.45, 2.75) is 38.8 Å². The zero-order valence-corrected chi connectivity index (χ0v) is 8.89. The van der Waals surface area contributed by atoms with Gasteiger partial charge in [0.2, 0.25) is 5.91 Å². The highest BCUT2D eigenvalue weighted by molar-refractivity contribution is 5.82. The van der Waals surface area contributed by atoms with Gasteiger partial charge in [0.15, 0.2) is 0 Å². The quantitative estimate of drug-likeness (QED) is 0.650. The lowest BCUT2D eigenvalue weighted by atomic mass is 10.1. The first-order valence-electron chi connectivity index (χ1n) is 4.49. The largest absolute Gasteiger partial charge is 0.382 e. The van der Waals surface area contributed by atoms with Gasteiger partial charge in [-0.3, -0.25) is 4.79 Å². The van der Waals surface area contributed by atoms with E-state index in [1.807, 2.05) is 20.8 Å². The van der Waals surface area contributed by atoms with Crippen LogP contribution in [0.4, 0.5) is 0 Å². The fourth-order valence-corrected chi connectivity index (χ4v) is 1.01. The standard InChI is InChI=1S/C9H20N2O2/c1-5-7(10)8(12)11-9(2,3)6-13-4/h7H,5-6,10H2,1-4H3,(H,11,12)/t7-/m1/s1. The van der Waals surface area contributed by atoms with E-state index in [2.05, 4.69) is 5.32 Å². The summed E-state index contributed by atoms with van der Waals surface area (Å²) in [4.78, 5) is 11.4. The monoisotopic (exact) mass is 188 g/mol. The smallest absolute Gasteiger partial charge is 0.237 e. The molecule has 0 aromatic carbocycles. The Kier molecular flexibility index (Phi) is 4.95. The molecule has 0 spiro atoms. The van der Waals surface area contributed by atoms with Gasteiger partial charge in [-0.15, -0.1) is 0 Å². The number of carbonyl (C=O) groups is 1. The zero-order chi connectivity index (χ0) is 10.5. The van der Waals surface area contributed by atoms with Crippen molar-refractivity contribution in [1.82, 2.24) is 5.32 Å². The van der Waals surface area contributed by atoms with Gasteiger partial charge in [-0.1, -0.05) is 6.92 Å². The lowest BCUT2D eigenvalue weighted by molar-refractivity contribution is -0.124. The molecule has 1 atom stereocenters. The normalized spacial score (nSPS) is 13.9. The molecule has 0 rings (SSSR count). The first-order valence-corrected chi connectivity index (χ1v) is 4.49. The number of nitrogens with one attached hydrogen (secondary N) is 1. The second-order valence-corrected chi connectivity index (χ2v) is 3.82. The summed E-state index contributed by atoms with van der Waals surface area (Å²) >= 11 is 0. The molecule has 0 aromatic rings. The molecular weight excluding hydrogens is 168 g/mol. The first-order chi connectivity index (χ1) is 5.93. The molecule has 4 heteroatoms. The van der Waals surface area contributed by atoms with Crippen LogP contribution in [0.3, 0.4) is 0 Å². The number of rotatable bonds is 5. The molecule has 0 radical (unpaired) electrons. The number of nitrogens with two attached hydrogens (primary N) is 1. The van der Waals surface area contributed by atoms with Crippen LogP contribution in [0, 0.1) is 0 Å². The Balaban J connectivity index is 4.03. The minimum Gasteiger partial charge on any atom is -0.382 e. The molecule has 0 aliphatic carbocycles. The molecule has 0 aliphatic rings. The topological polar surface area (TPSA) is 64.4 Å². The molecule has 0 heterocycles. The third-order valence-corrected chi connectivity index (χ3v) is 1.74. The highest BCUT2D eigenvalue weighted by Gasteiger charge is 2.22. The summed E-state index contributed by atoms with van der Waals surface area (Å²) in [5, 5.41) is 2.82. The Hall–Kier alpha value is -0.610. The summed E-state index contributed by atoms with van der Waals surface area (Å²) in [6.07, 6.45) is 0.648. The van der Waals surface area contributed by atoms with Crippen LogP contribution >= 0.6 is 0 Å². The molecule has 4 nitrogen and oxygen atoms in total. The van der Waals surface area contributed by atoms with Crippen molar-refractivity contribution in [1.29, 1.82) is 0 Å². The van der Waals surface area contributed by atoms with Crippen molar-refractivity contribution in [2.24, 2.45) is 5.73 Å². The molecule has 0 unspecified atom stereocenters. The minimum atomic E-state index is -0.420. The van der Waals surface area contributed by atoms with Crippen LogP contribution in [0.15, 0.2) is 0 Å². The number of amides is 1. The fourth-order valence-electron chi connectivity index (χ4n) is 1.01. The second-order valence-electron chi connectivity index (χ2n) is 3.82. The molecular formula is C9H20N2O2. The van der Waals surface area contributed by atoms with Gasteiger partial charge < -0.3 is 15.8 Å². The predicted octanol–water partition coefficient (Wildman–Crippen LogP) is 0.265. The predicted molar refractivity (Wildman–Crippen MR) is 52.4 cm³/mol. The van der Waals surface area contributed by atoms with E-state index in [0.29, 0.717) is 13.0 Å². The number of carbonyl (C=O) groups excluding carboxylic acids is 1. The van der Waals surface area contributed by atoms with E-state index >= 15 is 0 Å². The highest BCUT2D eigenvalue weighted by atomic mass is 16.5. The van der Waals surface area contributed by atoms with Crippen LogP contribution in [0.5, 0.6) is 0 Å². The average Bonchev–Trinajstić information content (AvgIpc) is 2.01. The van der Waals surface area contributed by atoms with Crippen LogP contribution in [-0.4, -0.2) is 31.2 Å². The van der Waals surface area contributed by atoms with Crippen molar-refractivity contribution in [3.05, 3.63) is 0 Å². The number of ether oxygens (including phenoxy) is 1. The summed E-state index contributed by atoms with van der Waals surface area (Å²) < 4.78 is 4.97. The van der Waals surface area contributed by atoms with Crippen molar-refractivity contribution in [3.8, 4) is 0 Å². The molecule has 0 bridgehead atoms. The maximum absolute atomic E-state index is 11.4. The molecule has 3 N–H and O–H groups in total. The van der Waals surface area contributed by atoms with Crippen LogP contribution in [0.1, 0.15) is 27.2 Å². The van der Waals surface area contributed by atoms with E-state index < -0.39 is 6.04 Å². The van der Waals surface area contributed by atoms with Crippen LogP contribution in [-0.2, 0) is 9.53 Å². The van der Waals surface area contributed by atoms with Crippen molar-refractivity contribution in [2.75, 3.05) is 13.7 Å². The highest BCUT2D eigenvalue weighted by Crippen LogP contribution is 2.02. The molecule has 1 amide bonds. The molecule has 0 saturated heterocycles. The van der Waals surface area contributed by atoms with Gasteiger partial charge in [0.05, 0.1) is 18.2 Å². The van der Waals surface area contributed by atoms with E-state index in [-0.39, 0.29) is 11.4 Å². The summed E-state index contributed by atoms with van der Waals surface area (Å²) in [7, 11) is 1.60. The second kappa shape index (κ2) is 5.19. The van der Waals surface area contributed by atoms with Crippen molar-refractivity contribution < 1.29 is 9.53 Å². The Morgan fingerprint density at radius 2 is 2.15 bits per heavy atom. The Morgan fingerprint density at radius 3 is 2.54 bits per heavy atom. The average molecular weight is 188 g/mol. The molecule has 0 aliphatic heterocycles. The van der Waals surface area contributed by atoms with E-state index in [1.54, 1.807) is 7.11 Å². The van der Waals surface area contributed by atoms with Gasteiger partial charge in [0.1, 0.15) is 0 Å². The van der Waals surface area contributed by atoms with E-state index in [0.717, 1.165) is 0 Å². The summed E-state index contributed by atoms with van der Waals surface area (Å²) in [6.45, 7) is 6.16. The number of hydrogen-bond acceptors (Lipinski definition) is 3. The Labute approximate surface area is 79.8 Å². The number of methoxy groups -OCH3 is 1. The van der Waals surface area contributed by atoms with E-state index in [4.69, 9.17) is 10.5 Å². The fraction of sp³-hybridized carbons (Fsp3) is 0.889. The molecule has 0 aromatic heterocycles. The minimum absolute atomic E-state index is 0.121. The third-order valence-electron chi connectivity index (χ3n) is 1.74. The first kappa shape index (κ1) is 12.4. The van der Waals surface area contributed by atoms with E-state index in [1.165, 1.54) is 0 Å². The molecule has 0 fully saturated rings. The molecule has 13 heavy (non-hydrogen) atoms. The summed E-state index contributed by atoms with van der Waals surface area (Å²) in [5.41, 5.74) is 5.22. The van der Waals surface area contributed by atoms with Gasteiger partial charge in [0.25, 0.3) is 0 Å². The molecule has 0 saturated carbocycles. The van der Waals surface area contributed by atoms with Gasteiger partial charge >= 0.3 is 0 Å². The number of hydrogen-bond donors (Lipinski definition) is 2. The van der Waals surface area contributed by atoms with Crippen LogP contribution in [0.25, 0.3) is 0 Å². The van der Waals surface area contributed by atoms with E-state index in [9.17, 15) is 4.79 Å². The lowest BCUT2D eigenvalue weighted by Crippen LogP contribution is -2.52. The van der Waals surface area contributed by atoms with Gasteiger partial charge in [-0.2, -0.15) is 0 Å². The van der Waals surface area contributed by atoms with Crippen molar-refractivity contribution >= 4 is 5.91 Å². The van der Waals surface area contributed by atoms with Gasteiger partial charge in [-0.05, 0) is 20.3 Å². The maximum atomic E-state index is 11.4. The van der Waals surface area contributed by atoms with Crippen LogP contribution in [0.2, 0.25) is 0 Å². The van der Waals surface area contributed by atoms with Gasteiger partial charge in [-0.25, -0.2) is 0 Å². The third kappa shape index (κ3) is 4.85. The summed E-state index contributed by atoms with van der Waals surface area (Å²) in [5.74, 6) is -0.121. The SMILES string of the molecule is CC[C@@H](N)C(=O)NC(C)(C)COC. The van der Waals surface area contributed by atoms with Crippen molar-refractivity contribution in [3.63, 3.8) is 0 Å². The maximum Gasteiger partial charge on any atom is 0.237 e. The Bertz CT molecular complexity index is 169. The zero-order valence-electron chi connectivity index (χ0n) is 8.89. The molecule has 78 valence electrons. The summed E-state index contributed by atoms with van der Waals surface area (Å²) in [6, 6.07) is -0.420. The lowest BCUT2D eigenvalue weighted by Gasteiger charge is -2.26.